The molecule has 1 aromatic heterocycles. The van der Waals surface area contributed by atoms with Crippen LogP contribution in [0.1, 0.15) is 42.9 Å². The standard InChI is InChI=1S/C24H31N5O2/c25-22(30)19-10-15-29(16-11-19)23-20(9-6-12-26-23)17-27-24(31)21(28-13-4-5-14-28)18-7-2-1-3-8-18/h1-3,6-9,12,19,21H,4-5,10-11,13-17H2,(H2,25,30)(H,27,31). The Bertz CT molecular complexity index is 890. The van der Waals surface area contributed by atoms with Crippen LogP contribution in [0, 0.1) is 5.92 Å². The van der Waals surface area contributed by atoms with Gasteiger partial charge in [0.2, 0.25) is 11.8 Å². The molecule has 31 heavy (non-hydrogen) atoms. The minimum atomic E-state index is -0.268. The van der Waals surface area contributed by atoms with E-state index in [-0.39, 0.29) is 23.8 Å². The molecule has 1 atom stereocenters. The number of piperidine rings is 1. The van der Waals surface area contributed by atoms with Crippen molar-refractivity contribution in [1.29, 1.82) is 0 Å². The van der Waals surface area contributed by atoms with Crippen molar-refractivity contribution in [2.24, 2.45) is 11.7 Å². The van der Waals surface area contributed by atoms with Gasteiger partial charge in [0.1, 0.15) is 11.9 Å². The number of pyridine rings is 1. The first-order chi connectivity index (χ1) is 15.1. The number of nitrogens with one attached hydrogen (secondary N) is 1. The minimum absolute atomic E-state index is 0.0235. The largest absolute Gasteiger partial charge is 0.369 e. The van der Waals surface area contributed by atoms with Gasteiger partial charge in [-0.3, -0.25) is 14.5 Å². The molecule has 2 saturated heterocycles. The highest BCUT2D eigenvalue weighted by Crippen LogP contribution is 2.27. The molecule has 1 aromatic carbocycles. The summed E-state index contributed by atoms with van der Waals surface area (Å²) < 4.78 is 0. The molecule has 7 heteroatoms. The number of rotatable bonds is 7. The molecule has 0 bridgehead atoms. The molecule has 3 N–H and O–H groups in total. The molecule has 164 valence electrons. The summed E-state index contributed by atoms with van der Waals surface area (Å²) in [6.07, 6.45) is 5.51. The Balaban J connectivity index is 1.45. The number of primary amides is 1. The first kappa shape index (κ1) is 21.3. The van der Waals surface area contributed by atoms with Gasteiger partial charge in [0.25, 0.3) is 0 Å². The number of nitrogens with two attached hydrogens (primary N) is 1. The lowest BCUT2D eigenvalue weighted by Gasteiger charge is -2.33. The van der Waals surface area contributed by atoms with Gasteiger partial charge < -0.3 is 16.0 Å². The van der Waals surface area contributed by atoms with E-state index in [0.717, 1.165) is 68.8 Å². The molecular weight excluding hydrogens is 390 g/mol. The Morgan fingerprint density at radius 2 is 1.74 bits per heavy atom. The van der Waals surface area contributed by atoms with Crippen molar-refractivity contribution in [3.63, 3.8) is 0 Å². The van der Waals surface area contributed by atoms with Crippen LogP contribution >= 0.6 is 0 Å². The van der Waals surface area contributed by atoms with Crippen molar-refractivity contribution in [3.05, 3.63) is 59.8 Å². The highest BCUT2D eigenvalue weighted by molar-refractivity contribution is 5.83. The second-order valence-electron chi connectivity index (χ2n) is 8.42. The van der Waals surface area contributed by atoms with Crippen LogP contribution in [0.5, 0.6) is 0 Å². The Morgan fingerprint density at radius 3 is 2.42 bits per heavy atom. The average Bonchev–Trinajstić information content (AvgIpc) is 3.33. The van der Waals surface area contributed by atoms with E-state index in [2.05, 4.69) is 20.1 Å². The Kier molecular flexibility index (Phi) is 6.82. The first-order valence-corrected chi connectivity index (χ1v) is 11.2. The smallest absolute Gasteiger partial charge is 0.242 e. The number of carbonyl (C=O) groups excluding carboxylic acids is 2. The van der Waals surface area contributed by atoms with Crippen LogP contribution in [-0.2, 0) is 16.1 Å². The first-order valence-electron chi connectivity index (χ1n) is 11.2. The maximum absolute atomic E-state index is 13.3. The van der Waals surface area contributed by atoms with Crippen molar-refractivity contribution >= 4 is 17.6 Å². The highest BCUT2D eigenvalue weighted by atomic mass is 16.2. The number of hydrogen-bond donors (Lipinski definition) is 2. The van der Waals surface area contributed by atoms with Gasteiger partial charge in [0.05, 0.1) is 0 Å². The fraction of sp³-hybridized carbons (Fsp3) is 0.458. The van der Waals surface area contributed by atoms with E-state index in [1.54, 1.807) is 6.20 Å². The van der Waals surface area contributed by atoms with Gasteiger partial charge in [-0.15, -0.1) is 0 Å². The molecule has 2 aliphatic heterocycles. The summed E-state index contributed by atoms with van der Waals surface area (Å²) in [4.78, 5) is 33.8. The molecule has 0 radical (unpaired) electrons. The number of anilines is 1. The van der Waals surface area contributed by atoms with Crippen molar-refractivity contribution in [1.82, 2.24) is 15.2 Å². The van der Waals surface area contributed by atoms with Crippen molar-refractivity contribution in [2.45, 2.75) is 38.3 Å². The molecule has 0 saturated carbocycles. The monoisotopic (exact) mass is 421 g/mol. The molecule has 1 unspecified atom stereocenters. The normalized spacial score (nSPS) is 18.6. The van der Waals surface area contributed by atoms with Crippen molar-refractivity contribution in [2.75, 3.05) is 31.1 Å². The molecule has 4 rings (SSSR count). The average molecular weight is 422 g/mol. The lowest BCUT2D eigenvalue weighted by molar-refractivity contribution is -0.126. The number of aromatic nitrogens is 1. The van der Waals surface area contributed by atoms with E-state index in [9.17, 15) is 9.59 Å². The zero-order chi connectivity index (χ0) is 21.6. The molecule has 7 nitrogen and oxygen atoms in total. The third kappa shape index (κ3) is 5.05. The second kappa shape index (κ2) is 9.92. The zero-order valence-corrected chi connectivity index (χ0v) is 17.9. The fourth-order valence-electron chi connectivity index (χ4n) is 4.67. The van der Waals surface area contributed by atoms with Crippen molar-refractivity contribution < 1.29 is 9.59 Å². The predicted octanol–water partition coefficient (Wildman–Crippen LogP) is 2.24. The van der Waals surface area contributed by atoms with Crippen molar-refractivity contribution in [3.8, 4) is 0 Å². The quantitative estimate of drug-likeness (QED) is 0.715. The number of amides is 2. The number of nitrogens with zero attached hydrogens (tertiary/aromatic N) is 3. The van der Waals surface area contributed by atoms with E-state index in [1.807, 2.05) is 42.5 Å². The van der Waals surface area contributed by atoms with Gasteiger partial charge in [0, 0.05) is 37.3 Å². The fourth-order valence-corrected chi connectivity index (χ4v) is 4.67. The third-order valence-corrected chi connectivity index (χ3v) is 6.39. The van der Waals surface area contributed by atoms with Crippen LogP contribution in [0.25, 0.3) is 0 Å². The van der Waals surface area contributed by atoms with Crippen LogP contribution in [-0.4, -0.2) is 47.9 Å². The highest BCUT2D eigenvalue weighted by Gasteiger charge is 2.30. The second-order valence-corrected chi connectivity index (χ2v) is 8.42. The summed E-state index contributed by atoms with van der Waals surface area (Å²) in [6.45, 7) is 3.80. The van der Waals surface area contributed by atoms with Crippen LogP contribution in [0.15, 0.2) is 48.7 Å². The summed E-state index contributed by atoms with van der Waals surface area (Å²) in [5, 5.41) is 3.16. The van der Waals surface area contributed by atoms with E-state index >= 15 is 0 Å². The van der Waals surface area contributed by atoms with Crippen LogP contribution < -0.4 is 16.0 Å². The SMILES string of the molecule is NC(=O)C1CCN(c2ncccc2CNC(=O)C(c2ccccc2)N2CCCC2)CC1. The lowest BCUT2D eigenvalue weighted by Crippen LogP contribution is -2.40. The minimum Gasteiger partial charge on any atom is -0.369 e. The van der Waals surface area contributed by atoms with Gasteiger partial charge in [-0.1, -0.05) is 36.4 Å². The molecule has 2 fully saturated rings. The lowest BCUT2D eigenvalue weighted by atomic mass is 9.96. The summed E-state index contributed by atoms with van der Waals surface area (Å²) in [5.41, 5.74) is 7.48. The maximum atomic E-state index is 13.3. The number of benzene rings is 1. The molecule has 2 aliphatic rings. The van der Waals surface area contributed by atoms with Gasteiger partial charge in [-0.25, -0.2) is 4.98 Å². The molecule has 0 aliphatic carbocycles. The zero-order valence-electron chi connectivity index (χ0n) is 17.9. The maximum Gasteiger partial charge on any atom is 0.242 e. The van der Waals surface area contributed by atoms with Gasteiger partial charge in [-0.05, 0) is 50.4 Å². The Hall–Kier alpha value is -2.93. The topological polar surface area (TPSA) is 91.6 Å². The van der Waals surface area contributed by atoms with E-state index in [1.165, 1.54) is 0 Å². The number of carbonyl (C=O) groups is 2. The van der Waals surface area contributed by atoms with E-state index in [0.29, 0.717) is 6.54 Å². The molecule has 0 spiro atoms. The van der Waals surface area contributed by atoms with Gasteiger partial charge in [-0.2, -0.15) is 0 Å². The van der Waals surface area contributed by atoms with E-state index < -0.39 is 0 Å². The molecular formula is C24H31N5O2. The molecule has 3 heterocycles. The Labute approximate surface area is 183 Å². The third-order valence-electron chi connectivity index (χ3n) is 6.39. The summed E-state index contributed by atoms with van der Waals surface area (Å²) in [6, 6.07) is 13.6. The number of hydrogen-bond acceptors (Lipinski definition) is 5. The number of likely N-dealkylation sites (tertiary alicyclic amines) is 1. The summed E-state index contributed by atoms with van der Waals surface area (Å²) >= 11 is 0. The van der Waals surface area contributed by atoms with Crippen LogP contribution in [0.4, 0.5) is 5.82 Å². The predicted molar refractivity (Wildman–Crippen MR) is 120 cm³/mol. The van der Waals surface area contributed by atoms with Crippen LogP contribution in [0.2, 0.25) is 0 Å². The van der Waals surface area contributed by atoms with Gasteiger partial charge in [0.15, 0.2) is 0 Å². The van der Waals surface area contributed by atoms with Gasteiger partial charge >= 0.3 is 0 Å². The van der Waals surface area contributed by atoms with Crippen LogP contribution in [0.3, 0.4) is 0 Å². The molecule has 2 amide bonds. The van der Waals surface area contributed by atoms with E-state index in [4.69, 9.17) is 5.73 Å². The summed E-state index contributed by atoms with van der Waals surface area (Å²) in [7, 11) is 0. The molecule has 2 aromatic rings. The summed E-state index contributed by atoms with van der Waals surface area (Å²) in [5.74, 6) is 0.621. The Morgan fingerprint density at radius 1 is 1.03 bits per heavy atom.